The van der Waals surface area contributed by atoms with Gasteiger partial charge in [-0.25, -0.2) is 15.0 Å². The van der Waals surface area contributed by atoms with Crippen molar-refractivity contribution in [2.24, 2.45) is 0 Å². The molecule has 148 valence electrons. The fraction of sp³-hybridized carbons (Fsp3) is 0.600. The van der Waals surface area contributed by atoms with E-state index in [0.29, 0.717) is 0 Å². The summed E-state index contributed by atoms with van der Waals surface area (Å²) < 4.78 is 5.47. The van der Waals surface area contributed by atoms with Crippen LogP contribution in [0.2, 0.25) is 0 Å². The zero-order chi connectivity index (χ0) is 18.9. The van der Waals surface area contributed by atoms with Gasteiger partial charge in [-0.3, -0.25) is 0 Å². The summed E-state index contributed by atoms with van der Waals surface area (Å²) in [6.45, 7) is 9.05. The molecule has 0 amide bonds. The van der Waals surface area contributed by atoms with Gasteiger partial charge in [-0.1, -0.05) is 0 Å². The highest BCUT2D eigenvalue weighted by atomic mass is 16.5. The van der Waals surface area contributed by atoms with E-state index in [-0.39, 0.29) is 0 Å². The van der Waals surface area contributed by atoms with Crippen molar-refractivity contribution in [3.63, 3.8) is 0 Å². The lowest BCUT2D eigenvalue weighted by molar-refractivity contribution is 0.122. The summed E-state index contributed by atoms with van der Waals surface area (Å²) in [5.74, 6) is 3.00. The van der Waals surface area contributed by atoms with Crippen LogP contribution in [-0.2, 0) is 17.6 Å². The van der Waals surface area contributed by atoms with Gasteiger partial charge in [0.1, 0.15) is 18.0 Å². The number of anilines is 3. The van der Waals surface area contributed by atoms with Crippen LogP contribution in [0.5, 0.6) is 0 Å². The number of rotatable bonds is 3. The third-order valence-electron chi connectivity index (χ3n) is 5.88. The molecule has 1 aliphatic carbocycles. The van der Waals surface area contributed by atoms with Crippen molar-refractivity contribution >= 4 is 17.6 Å². The van der Waals surface area contributed by atoms with Crippen LogP contribution < -0.4 is 14.7 Å². The molecule has 0 spiro atoms. The van der Waals surface area contributed by atoms with Crippen LogP contribution in [-0.4, -0.2) is 72.4 Å². The minimum absolute atomic E-state index is 0.764. The molecule has 4 heterocycles. The van der Waals surface area contributed by atoms with Crippen molar-refractivity contribution < 1.29 is 4.74 Å². The topological polar surface area (TPSA) is 70.5 Å². The molecule has 2 aliphatic heterocycles. The van der Waals surface area contributed by atoms with Crippen LogP contribution in [0.3, 0.4) is 0 Å². The molecule has 8 heteroatoms. The summed E-state index contributed by atoms with van der Waals surface area (Å²) in [5.41, 5.74) is 3.62. The minimum atomic E-state index is 0.764. The summed E-state index contributed by atoms with van der Waals surface area (Å²) >= 11 is 0. The lowest BCUT2D eigenvalue weighted by Gasteiger charge is -2.36. The molecule has 2 aromatic rings. The summed E-state index contributed by atoms with van der Waals surface area (Å²) in [5, 5.41) is 0. The molecular formula is C20H27N7O. The second-order valence-corrected chi connectivity index (χ2v) is 7.72. The van der Waals surface area contributed by atoms with Crippen LogP contribution in [0.4, 0.5) is 17.6 Å². The van der Waals surface area contributed by atoms with E-state index in [1.165, 1.54) is 17.7 Å². The Labute approximate surface area is 165 Å². The van der Waals surface area contributed by atoms with E-state index in [4.69, 9.17) is 14.7 Å². The molecule has 0 atom stereocenters. The number of hydrogen-bond acceptors (Lipinski definition) is 8. The molecule has 8 nitrogen and oxygen atoms in total. The van der Waals surface area contributed by atoms with Crippen LogP contribution in [0.25, 0.3) is 0 Å². The first-order valence-electron chi connectivity index (χ1n) is 10.3. The normalized spacial score (nSPS) is 19.8. The Morgan fingerprint density at radius 1 is 0.857 bits per heavy atom. The lowest BCUT2D eigenvalue weighted by Crippen LogP contribution is -2.48. The second-order valence-electron chi connectivity index (χ2n) is 7.72. The first-order chi connectivity index (χ1) is 13.8. The lowest BCUT2D eigenvalue weighted by atomic mass is 10.2. The number of hydrogen-bond donors (Lipinski definition) is 0. The summed E-state index contributed by atoms with van der Waals surface area (Å²) in [6.07, 6.45) is 5.12. The molecule has 3 aliphatic rings. The first-order valence-corrected chi connectivity index (χ1v) is 10.3. The maximum Gasteiger partial charge on any atom is 0.227 e. The largest absolute Gasteiger partial charge is 0.378 e. The van der Waals surface area contributed by atoms with E-state index >= 15 is 0 Å². The number of nitrogens with zero attached hydrogens (tertiary/aromatic N) is 7. The van der Waals surface area contributed by atoms with Gasteiger partial charge in [-0.15, -0.1) is 0 Å². The van der Waals surface area contributed by atoms with Gasteiger partial charge >= 0.3 is 0 Å². The highest BCUT2D eigenvalue weighted by Crippen LogP contribution is 2.29. The number of aromatic nitrogens is 4. The molecule has 0 aromatic carbocycles. The molecule has 2 aromatic heterocycles. The standard InChI is InChI=1S/C20H27N7O/c1-15-13-18(25-9-11-28-12-10-25)24-20(23-15)27-7-5-26(6-8-27)19-16-3-2-4-17(16)21-14-22-19/h13-14H,2-12H2,1H3. The van der Waals surface area contributed by atoms with Crippen molar-refractivity contribution in [2.75, 3.05) is 67.2 Å². The third kappa shape index (κ3) is 3.37. The van der Waals surface area contributed by atoms with Crippen molar-refractivity contribution in [3.8, 4) is 0 Å². The highest BCUT2D eigenvalue weighted by Gasteiger charge is 2.26. The van der Waals surface area contributed by atoms with Crippen molar-refractivity contribution in [3.05, 3.63) is 29.3 Å². The van der Waals surface area contributed by atoms with Crippen LogP contribution in [0.15, 0.2) is 12.4 Å². The van der Waals surface area contributed by atoms with Gasteiger partial charge in [0.15, 0.2) is 0 Å². The molecule has 0 bridgehead atoms. The average molecular weight is 381 g/mol. The van der Waals surface area contributed by atoms with E-state index in [1.54, 1.807) is 6.33 Å². The maximum atomic E-state index is 5.47. The van der Waals surface area contributed by atoms with Crippen LogP contribution in [0.1, 0.15) is 23.4 Å². The van der Waals surface area contributed by atoms with Gasteiger partial charge in [0.05, 0.1) is 13.2 Å². The Bertz CT molecular complexity index is 844. The SMILES string of the molecule is Cc1cc(N2CCOCC2)nc(N2CCN(c3ncnc4c3CCC4)CC2)n1. The van der Waals surface area contributed by atoms with Gasteiger partial charge in [0.25, 0.3) is 0 Å². The number of aryl methyl sites for hydroxylation is 2. The molecule has 0 saturated carbocycles. The van der Waals surface area contributed by atoms with Crippen LogP contribution in [0, 0.1) is 6.92 Å². The third-order valence-corrected chi connectivity index (χ3v) is 5.88. The fourth-order valence-electron chi connectivity index (χ4n) is 4.37. The van der Waals surface area contributed by atoms with Gasteiger partial charge in [0.2, 0.25) is 5.95 Å². The Kier molecular flexibility index (Phi) is 4.72. The van der Waals surface area contributed by atoms with Gasteiger partial charge < -0.3 is 19.4 Å². The van der Waals surface area contributed by atoms with E-state index < -0.39 is 0 Å². The molecule has 0 radical (unpaired) electrons. The van der Waals surface area contributed by atoms with Crippen LogP contribution >= 0.6 is 0 Å². The molecule has 2 saturated heterocycles. The van der Waals surface area contributed by atoms with E-state index in [2.05, 4.69) is 37.7 Å². The molecular weight excluding hydrogens is 354 g/mol. The second kappa shape index (κ2) is 7.50. The van der Waals surface area contributed by atoms with Crippen molar-refractivity contribution in [2.45, 2.75) is 26.2 Å². The monoisotopic (exact) mass is 381 g/mol. The average Bonchev–Trinajstić information content (AvgIpc) is 3.23. The van der Waals surface area contributed by atoms with E-state index in [1.807, 2.05) is 0 Å². The number of ether oxygens (including phenoxy) is 1. The molecule has 2 fully saturated rings. The van der Waals surface area contributed by atoms with E-state index in [9.17, 15) is 0 Å². The quantitative estimate of drug-likeness (QED) is 0.786. The zero-order valence-corrected chi connectivity index (χ0v) is 16.5. The number of morpholine rings is 1. The zero-order valence-electron chi connectivity index (χ0n) is 16.5. The summed E-state index contributed by atoms with van der Waals surface area (Å²) in [6, 6.07) is 2.08. The summed E-state index contributed by atoms with van der Waals surface area (Å²) in [4.78, 5) is 25.7. The fourth-order valence-corrected chi connectivity index (χ4v) is 4.37. The first kappa shape index (κ1) is 17.6. The predicted octanol–water partition coefficient (Wildman–Crippen LogP) is 1.23. The van der Waals surface area contributed by atoms with Gasteiger partial charge in [-0.2, -0.15) is 4.98 Å². The molecule has 0 unspecified atom stereocenters. The van der Waals surface area contributed by atoms with E-state index in [0.717, 1.165) is 88.6 Å². The predicted molar refractivity (Wildman–Crippen MR) is 108 cm³/mol. The smallest absolute Gasteiger partial charge is 0.227 e. The number of piperazine rings is 1. The Hall–Kier alpha value is -2.48. The maximum absolute atomic E-state index is 5.47. The Morgan fingerprint density at radius 3 is 2.46 bits per heavy atom. The molecule has 5 rings (SSSR count). The highest BCUT2D eigenvalue weighted by molar-refractivity contribution is 5.52. The van der Waals surface area contributed by atoms with Crippen molar-refractivity contribution in [1.29, 1.82) is 0 Å². The van der Waals surface area contributed by atoms with Gasteiger partial charge in [-0.05, 0) is 26.2 Å². The summed E-state index contributed by atoms with van der Waals surface area (Å²) in [7, 11) is 0. The Morgan fingerprint density at radius 2 is 1.64 bits per heavy atom. The van der Waals surface area contributed by atoms with Gasteiger partial charge in [0, 0.05) is 62.3 Å². The number of fused-ring (bicyclic) bond motifs is 1. The minimum Gasteiger partial charge on any atom is -0.378 e. The Balaban J connectivity index is 1.31. The van der Waals surface area contributed by atoms with Crippen molar-refractivity contribution in [1.82, 2.24) is 19.9 Å². The molecule has 0 N–H and O–H groups in total. The molecule has 28 heavy (non-hydrogen) atoms.